The lowest BCUT2D eigenvalue weighted by Crippen LogP contribution is -2.40. The zero-order chi connectivity index (χ0) is 13.8. The number of aryl methyl sites for hydroxylation is 1. The van der Waals surface area contributed by atoms with Gasteiger partial charge in [-0.15, -0.1) is 0 Å². The molecule has 19 heavy (non-hydrogen) atoms. The number of nitrogen functional groups attached to an aromatic ring is 1. The van der Waals surface area contributed by atoms with Crippen LogP contribution in [-0.4, -0.2) is 31.6 Å². The Morgan fingerprint density at radius 3 is 3.00 bits per heavy atom. The summed E-state index contributed by atoms with van der Waals surface area (Å²) in [6.07, 6.45) is 2.53. The van der Waals surface area contributed by atoms with Gasteiger partial charge in [0, 0.05) is 30.9 Å². The number of hydrogen-bond donors (Lipinski definition) is 2. The number of hydrogen-bond acceptors (Lipinski definition) is 3. The van der Waals surface area contributed by atoms with Crippen molar-refractivity contribution < 1.29 is 4.74 Å². The molecule has 3 N–H and O–H groups in total. The van der Waals surface area contributed by atoms with Crippen molar-refractivity contribution in [1.82, 2.24) is 0 Å². The zero-order valence-corrected chi connectivity index (χ0v) is 11.8. The Morgan fingerprint density at radius 1 is 1.53 bits per heavy atom. The molecule has 1 aliphatic heterocycles. The molecule has 0 spiro atoms. The quantitative estimate of drug-likeness (QED) is 0.645. The maximum atomic E-state index is 7.72. The van der Waals surface area contributed by atoms with Crippen molar-refractivity contribution in [3.05, 3.63) is 29.3 Å². The average molecular weight is 261 g/mol. The molecule has 0 bridgehead atoms. The fraction of sp³-hybridized carbons (Fsp3) is 0.533. The molecule has 104 valence electrons. The summed E-state index contributed by atoms with van der Waals surface area (Å²) in [5.41, 5.74) is 8.77. The summed E-state index contributed by atoms with van der Waals surface area (Å²) in [6, 6.07) is 6.06. The van der Waals surface area contributed by atoms with Gasteiger partial charge in [0.15, 0.2) is 0 Å². The van der Waals surface area contributed by atoms with Crippen molar-refractivity contribution in [3.8, 4) is 0 Å². The summed E-state index contributed by atoms with van der Waals surface area (Å²) in [5, 5.41) is 7.72. The molecule has 4 heteroatoms. The topological polar surface area (TPSA) is 62.3 Å². The Morgan fingerprint density at radius 2 is 2.32 bits per heavy atom. The second-order valence-corrected chi connectivity index (χ2v) is 5.10. The number of anilines is 1. The Labute approximate surface area is 115 Å². The molecule has 1 saturated heterocycles. The minimum absolute atomic E-state index is 0.133. The van der Waals surface area contributed by atoms with E-state index in [-0.39, 0.29) is 5.84 Å². The molecule has 1 aromatic carbocycles. The standard InChI is InChI=1S/C15H23N3O/c1-3-19-12-5-4-8-18(10-12)14-9-11(2)6-7-13(14)15(16)17/h6-7,9,12H,3-5,8,10H2,1-2H3,(H3,16,17). The van der Waals surface area contributed by atoms with Crippen molar-refractivity contribution in [2.24, 2.45) is 5.73 Å². The van der Waals surface area contributed by atoms with Crippen LogP contribution in [0.25, 0.3) is 0 Å². The Hall–Kier alpha value is -1.55. The van der Waals surface area contributed by atoms with Crippen LogP contribution < -0.4 is 10.6 Å². The lowest BCUT2D eigenvalue weighted by molar-refractivity contribution is 0.0526. The highest BCUT2D eigenvalue weighted by Crippen LogP contribution is 2.26. The summed E-state index contributed by atoms with van der Waals surface area (Å²) in [6.45, 7) is 6.75. The molecule has 0 aliphatic carbocycles. The van der Waals surface area contributed by atoms with Gasteiger partial charge in [-0.1, -0.05) is 6.07 Å². The predicted octanol–water partition coefficient (Wildman–Crippen LogP) is 2.28. The van der Waals surface area contributed by atoms with Crippen molar-refractivity contribution >= 4 is 11.5 Å². The molecule has 0 aromatic heterocycles. The van der Waals surface area contributed by atoms with Crippen molar-refractivity contribution in [1.29, 1.82) is 5.41 Å². The van der Waals surface area contributed by atoms with Gasteiger partial charge in [0.1, 0.15) is 5.84 Å². The molecular formula is C15H23N3O. The third-order valence-electron chi connectivity index (χ3n) is 3.56. The number of nitrogens with zero attached hydrogens (tertiary/aromatic N) is 1. The van der Waals surface area contributed by atoms with E-state index in [1.807, 2.05) is 19.1 Å². The van der Waals surface area contributed by atoms with E-state index < -0.39 is 0 Å². The summed E-state index contributed by atoms with van der Waals surface area (Å²) < 4.78 is 5.74. The maximum absolute atomic E-state index is 7.72. The van der Waals surface area contributed by atoms with Crippen LogP contribution in [0.2, 0.25) is 0 Å². The first-order valence-corrected chi connectivity index (χ1v) is 6.93. The molecule has 0 radical (unpaired) electrons. The largest absolute Gasteiger partial charge is 0.384 e. The summed E-state index contributed by atoms with van der Waals surface area (Å²) in [4.78, 5) is 2.30. The van der Waals surface area contributed by atoms with Gasteiger partial charge in [-0.25, -0.2) is 0 Å². The molecule has 1 aromatic rings. The first kappa shape index (κ1) is 13.9. The van der Waals surface area contributed by atoms with Gasteiger partial charge in [-0.2, -0.15) is 0 Å². The highest BCUT2D eigenvalue weighted by atomic mass is 16.5. The van der Waals surface area contributed by atoms with Gasteiger partial charge >= 0.3 is 0 Å². The van der Waals surface area contributed by atoms with Crippen LogP contribution in [0, 0.1) is 12.3 Å². The minimum atomic E-state index is 0.133. The number of piperidine rings is 1. The number of benzene rings is 1. The molecule has 1 aliphatic rings. The Kier molecular flexibility index (Phi) is 4.43. The van der Waals surface area contributed by atoms with Crippen LogP contribution in [0.5, 0.6) is 0 Å². The van der Waals surface area contributed by atoms with Gasteiger partial charge in [-0.3, -0.25) is 5.41 Å². The number of rotatable bonds is 4. The first-order valence-electron chi connectivity index (χ1n) is 6.93. The van der Waals surface area contributed by atoms with Gasteiger partial charge in [0.25, 0.3) is 0 Å². The number of nitrogens with one attached hydrogen (secondary N) is 1. The third kappa shape index (κ3) is 3.26. The molecule has 4 nitrogen and oxygen atoms in total. The van der Waals surface area contributed by atoms with Gasteiger partial charge in [0.2, 0.25) is 0 Å². The van der Waals surface area contributed by atoms with E-state index in [9.17, 15) is 0 Å². The molecule has 1 fully saturated rings. The number of ether oxygens (including phenoxy) is 1. The maximum Gasteiger partial charge on any atom is 0.124 e. The first-order chi connectivity index (χ1) is 9.11. The highest BCUT2D eigenvalue weighted by Gasteiger charge is 2.22. The second-order valence-electron chi connectivity index (χ2n) is 5.10. The van der Waals surface area contributed by atoms with E-state index in [0.717, 1.165) is 43.8 Å². The third-order valence-corrected chi connectivity index (χ3v) is 3.56. The molecule has 1 atom stereocenters. The monoisotopic (exact) mass is 261 g/mol. The molecule has 1 unspecified atom stereocenters. The minimum Gasteiger partial charge on any atom is -0.384 e. The van der Waals surface area contributed by atoms with Crippen LogP contribution in [0.1, 0.15) is 30.9 Å². The highest BCUT2D eigenvalue weighted by molar-refractivity contribution is 6.00. The number of nitrogens with two attached hydrogens (primary N) is 1. The van der Waals surface area contributed by atoms with E-state index in [4.69, 9.17) is 15.9 Å². The summed E-state index contributed by atoms with van der Waals surface area (Å²) >= 11 is 0. The van der Waals surface area contributed by atoms with Crippen LogP contribution in [0.3, 0.4) is 0 Å². The lowest BCUT2D eigenvalue weighted by Gasteiger charge is -2.35. The smallest absolute Gasteiger partial charge is 0.124 e. The molecule has 0 amide bonds. The average Bonchev–Trinajstić information content (AvgIpc) is 2.39. The van der Waals surface area contributed by atoms with E-state index in [1.54, 1.807) is 0 Å². The zero-order valence-electron chi connectivity index (χ0n) is 11.8. The van der Waals surface area contributed by atoms with Crippen LogP contribution in [-0.2, 0) is 4.74 Å². The molecule has 1 heterocycles. The van der Waals surface area contributed by atoms with E-state index in [1.165, 1.54) is 5.56 Å². The second kappa shape index (κ2) is 6.06. The van der Waals surface area contributed by atoms with Crippen LogP contribution in [0.4, 0.5) is 5.69 Å². The van der Waals surface area contributed by atoms with Crippen LogP contribution >= 0.6 is 0 Å². The SMILES string of the molecule is CCOC1CCCN(c2cc(C)ccc2C(=N)N)C1. The fourth-order valence-electron chi connectivity index (χ4n) is 2.66. The Bertz CT molecular complexity index is 457. The molecular weight excluding hydrogens is 238 g/mol. The summed E-state index contributed by atoms with van der Waals surface area (Å²) in [5.74, 6) is 0.133. The summed E-state index contributed by atoms with van der Waals surface area (Å²) in [7, 11) is 0. The van der Waals surface area contributed by atoms with Crippen molar-refractivity contribution in [2.75, 3.05) is 24.6 Å². The lowest BCUT2D eigenvalue weighted by atomic mass is 10.0. The van der Waals surface area contributed by atoms with E-state index in [2.05, 4.69) is 17.9 Å². The van der Waals surface area contributed by atoms with E-state index in [0.29, 0.717) is 6.10 Å². The molecule has 2 rings (SSSR count). The predicted molar refractivity (Wildman–Crippen MR) is 79.1 cm³/mol. The van der Waals surface area contributed by atoms with Gasteiger partial charge in [0.05, 0.1) is 6.10 Å². The van der Waals surface area contributed by atoms with E-state index >= 15 is 0 Å². The molecule has 0 saturated carbocycles. The number of amidine groups is 1. The fourth-order valence-corrected chi connectivity index (χ4v) is 2.66. The van der Waals surface area contributed by atoms with Crippen molar-refractivity contribution in [2.45, 2.75) is 32.8 Å². The van der Waals surface area contributed by atoms with Gasteiger partial charge < -0.3 is 15.4 Å². The van der Waals surface area contributed by atoms with Crippen LogP contribution in [0.15, 0.2) is 18.2 Å². The normalized spacial score (nSPS) is 19.5. The Balaban J connectivity index is 2.24. The van der Waals surface area contributed by atoms with Crippen molar-refractivity contribution in [3.63, 3.8) is 0 Å². The van der Waals surface area contributed by atoms with Gasteiger partial charge in [-0.05, 0) is 44.4 Å².